The molecular weight excluding hydrogens is 434 g/mol. The zero-order valence-electron chi connectivity index (χ0n) is 19.3. The van der Waals surface area contributed by atoms with Gasteiger partial charge in [-0.3, -0.25) is 4.98 Å². The highest BCUT2D eigenvalue weighted by Gasteiger charge is 2.26. The third-order valence-electron chi connectivity index (χ3n) is 7.10. The quantitative estimate of drug-likeness (QED) is 0.562. The van der Waals surface area contributed by atoms with Crippen molar-refractivity contribution in [1.29, 1.82) is 0 Å². The standard InChI is InChI=1S/C25H32ClN7/c1-2-22-24(27)29-17-30-25(22)32-8-4-18(5-9-32)23-13-20(19-12-21(26)15-28-14-19)16-33(23)11-10-31-6-3-7-31/h12-18H,2-11H2,1H3,(H2,27,29,30). The van der Waals surface area contributed by atoms with Gasteiger partial charge in [-0.05, 0) is 50.9 Å². The summed E-state index contributed by atoms with van der Waals surface area (Å²) in [5.74, 6) is 2.12. The summed E-state index contributed by atoms with van der Waals surface area (Å²) in [6.07, 6.45) is 11.8. The van der Waals surface area contributed by atoms with Crippen LogP contribution < -0.4 is 10.6 Å². The van der Waals surface area contributed by atoms with Crippen LogP contribution in [-0.4, -0.2) is 57.1 Å². The highest BCUT2D eigenvalue weighted by molar-refractivity contribution is 6.30. The van der Waals surface area contributed by atoms with Crippen LogP contribution in [0.1, 0.15) is 43.4 Å². The summed E-state index contributed by atoms with van der Waals surface area (Å²) in [5, 5.41) is 0.673. The molecule has 33 heavy (non-hydrogen) atoms. The lowest BCUT2D eigenvalue weighted by Crippen LogP contribution is -2.39. The number of halogens is 1. The number of likely N-dealkylation sites (tertiary alicyclic amines) is 1. The monoisotopic (exact) mass is 465 g/mol. The number of piperidine rings is 1. The number of nitrogen functional groups attached to an aromatic ring is 1. The van der Waals surface area contributed by atoms with Gasteiger partial charge in [-0.25, -0.2) is 9.97 Å². The minimum absolute atomic E-state index is 0.516. The number of hydrogen-bond donors (Lipinski definition) is 1. The number of rotatable bonds is 7. The van der Waals surface area contributed by atoms with E-state index in [1.54, 1.807) is 12.5 Å². The van der Waals surface area contributed by atoms with Crippen molar-refractivity contribution in [2.75, 3.05) is 43.4 Å². The van der Waals surface area contributed by atoms with Gasteiger partial charge < -0.3 is 20.1 Å². The van der Waals surface area contributed by atoms with E-state index in [2.05, 4.69) is 48.5 Å². The van der Waals surface area contributed by atoms with E-state index < -0.39 is 0 Å². The van der Waals surface area contributed by atoms with E-state index in [1.165, 1.54) is 30.8 Å². The molecule has 0 saturated carbocycles. The fourth-order valence-electron chi connectivity index (χ4n) is 5.06. The highest BCUT2D eigenvalue weighted by atomic mass is 35.5. The maximum absolute atomic E-state index is 6.23. The average molecular weight is 466 g/mol. The maximum Gasteiger partial charge on any atom is 0.137 e. The zero-order chi connectivity index (χ0) is 22.8. The van der Waals surface area contributed by atoms with Crippen LogP contribution in [0, 0.1) is 0 Å². The van der Waals surface area contributed by atoms with E-state index >= 15 is 0 Å². The van der Waals surface area contributed by atoms with Gasteiger partial charge in [-0.2, -0.15) is 0 Å². The molecule has 3 aromatic rings. The number of nitrogens with zero attached hydrogens (tertiary/aromatic N) is 6. The van der Waals surface area contributed by atoms with E-state index in [9.17, 15) is 0 Å². The summed E-state index contributed by atoms with van der Waals surface area (Å²) in [4.78, 5) is 18.0. The van der Waals surface area contributed by atoms with Gasteiger partial charge in [0.25, 0.3) is 0 Å². The number of hydrogen-bond acceptors (Lipinski definition) is 6. The van der Waals surface area contributed by atoms with Crippen LogP contribution in [0.15, 0.2) is 37.1 Å². The van der Waals surface area contributed by atoms with Crippen molar-refractivity contribution >= 4 is 23.2 Å². The molecule has 0 atom stereocenters. The van der Waals surface area contributed by atoms with Crippen molar-refractivity contribution in [2.45, 2.75) is 45.1 Å². The maximum atomic E-state index is 6.23. The first-order valence-corrected chi connectivity index (χ1v) is 12.4. The number of aromatic nitrogens is 4. The van der Waals surface area contributed by atoms with Crippen molar-refractivity contribution in [3.05, 3.63) is 53.3 Å². The SMILES string of the molecule is CCc1c(N)ncnc1N1CCC(c2cc(-c3cncc(Cl)c3)cn2CCN2CCC2)CC1. The Bertz CT molecular complexity index is 1100. The zero-order valence-corrected chi connectivity index (χ0v) is 20.0. The van der Waals surface area contributed by atoms with E-state index in [0.29, 0.717) is 16.8 Å². The average Bonchev–Trinajstić information content (AvgIpc) is 3.22. The Labute approximate surface area is 200 Å². The molecule has 2 aliphatic heterocycles. The number of pyridine rings is 1. The van der Waals surface area contributed by atoms with Gasteiger partial charge in [0.1, 0.15) is 18.0 Å². The van der Waals surface area contributed by atoms with Crippen molar-refractivity contribution in [2.24, 2.45) is 0 Å². The second-order valence-electron chi connectivity index (χ2n) is 9.11. The molecule has 2 saturated heterocycles. The lowest BCUT2D eigenvalue weighted by molar-refractivity contribution is 0.174. The van der Waals surface area contributed by atoms with E-state index in [0.717, 1.165) is 62.4 Å². The van der Waals surface area contributed by atoms with Crippen LogP contribution in [0.5, 0.6) is 0 Å². The molecule has 0 amide bonds. The second kappa shape index (κ2) is 9.69. The molecule has 174 valence electrons. The van der Waals surface area contributed by atoms with Crippen LogP contribution in [0.2, 0.25) is 5.02 Å². The smallest absolute Gasteiger partial charge is 0.137 e. The van der Waals surface area contributed by atoms with Crippen LogP contribution in [0.3, 0.4) is 0 Å². The lowest BCUT2D eigenvalue weighted by atomic mass is 9.92. The molecule has 2 aliphatic rings. The topological polar surface area (TPSA) is 76.1 Å². The third-order valence-corrected chi connectivity index (χ3v) is 7.30. The number of nitrogens with two attached hydrogens (primary N) is 1. The summed E-state index contributed by atoms with van der Waals surface area (Å²) in [6, 6.07) is 4.35. The van der Waals surface area contributed by atoms with Gasteiger partial charge in [-0.15, -0.1) is 0 Å². The van der Waals surface area contributed by atoms with Crippen LogP contribution in [-0.2, 0) is 13.0 Å². The molecule has 2 N–H and O–H groups in total. The molecule has 3 aromatic heterocycles. The van der Waals surface area contributed by atoms with Gasteiger partial charge in [0.2, 0.25) is 0 Å². The fraction of sp³-hybridized carbons (Fsp3) is 0.480. The Morgan fingerprint density at radius 1 is 1.03 bits per heavy atom. The molecule has 0 unspecified atom stereocenters. The van der Waals surface area contributed by atoms with Crippen LogP contribution >= 0.6 is 11.6 Å². The molecule has 2 fully saturated rings. The van der Waals surface area contributed by atoms with Crippen molar-refractivity contribution in [1.82, 2.24) is 24.4 Å². The number of anilines is 2. The van der Waals surface area contributed by atoms with Gasteiger partial charge in [0.15, 0.2) is 0 Å². The first-order valence-electron chi connectivity index (χ1n) is 12.0. The molecule has 5 rings (SSSR count). The molecule has 7 nitrogen and oxygen atoms in total. The molecule has 0 spiro atoms. The predicted octanol–water partition coefficient (Wildman–Crippen LogP) is 4.23. The van der Waals surface area contributed by atoms with Gasteiger partial charge in [0, 0.05) is 73.1 Å². The van der Waals surface area contributed by atoms with E-state index in [4.69, 9.17) is 17.3 Å². The van der Waals surface area contributed by atoms with Gasteiger partial charge in [0.05, 0.1) is 5.02 Å². The molecule has 0 radical (unpaired) electrons. The first kappa shape index (κ1) is 22.2. The Hall–Kier alpha value is -2.64. The molecule has 0 bridgehead atoms. The highest BCUT2D eigenvalue weighted by Crippen LogP contribution is 2.35. The van der Waals surface area contributed by atoms with Crippen LogP contribution in [0.25, 0.3) is 11.1 Å². The lowest BCUT2D eigenvalue weighted by Gasteiger charge is -2.35. The molecule has 0 aromatic carbocycles. The van der Waals surface area contributed by atoms with Crippen LogP contribution in [0.4, 0.5) is 11.6 Å². The third kappa shape index (κ3) is 4.70. The van der Waals surface area contributed by atoms with E-state index in [1.807, 2.05) is 12.3 Å². The molecule has 5 heterocycles. The predicted molar refractivity (Wildman–Crippen MR) is 134 cm³/mol. The minimum atomic E-state index is 0.516. The normalized spacial score (nSPS) is 17.3. The van der Waals surface area contributed by atoms with Crippen molar-refractivity contribution in [3.63, 3.8) is 0 Å². The molecular formula is C25H32ClN7. The Morgan fingerprint density at radius 3 is 2.55 bits per heavy atom. The summed E-state index contributed by atoms with van der Waals surface area (Å²) in [7, 11) is 0. The second-order valence-corrected chi connectivity index (χ2v) is 9.55. The Morgan fingerprint density at radius 2 is 1.85 bits per heavy atom. The summed E-state index contributed by atoms with van der Waals surface area (Å²) >= 11 is 6.23. The van der Waals surface area contributed by atoms with Gasteiger partial charge >= 0.3 is 0 Å². The summed E-state index contributed by atoms with van der Waals surface area (Å²) < 4.78 is 2.47. The Balaban J connectivity index is 1.36. The first-order chi connectivity index (χ1) is 16.1. The van der Waals surface area contributed by atoms with Gasteiger partial charge in [-0.1, -0.05) is 18.5 Å². The fourth-order valence-corrected chi connectivity index (χ4v) is 5.24. The van der Waals surface area contributed by atoms with E-state index in [-0.39, 0.29) is 0 Å². The summed E-state index contributed by atoms with van der Waals surface area (Å²) in [5.41, 5.74) is 10.9. The molecule has 8 heteroatoms. The van der Waals surface area contributed by atoms with Crippen molar-refractivity contribution < 1.29 is 0 Å². The summed E-state index contributed by atoms with van der Waals surface area (Å²) in [6.45, 7) is 8.63. The largest absolute Gasteiger partial charge is 0.383 e. The van der Waals surface area contributed by atoms with Crippen molar-refractivity contribution in [3.8, 4) is 11.1 Å². The molecule has 0 aliphatic carbocycles. The minimum Gasteiger partial charge on any atom is -0.383 e. The Kier molecular flexibility index (Phi) is 6.51.